The third-order valence-electron chi connectivity index (χ3n) is 3.53. The Labute approximate surface area is 80.8 Å². The first-order valence-corrected chi connectivity index (χ1v) is 5.73. The van der Waals surface area contributed by atoms with Crippen LogP contribution in [0.2, 0.25) is 0 Å². The van der Waals surface area contributed by atoms with Gasteiger partial charge in [-0.05, 0) is 31.6 Å². The maximum Gasteiger partial charge on any atom is 0.0618 e. The topological polar surface area (TPSA) is 35.2 Å². The second-order valence-electron chi connectivity index (χ2n) is 4.59. The third kappa shape index (κ3) is 2.44. The van der Waals surface area contributed by atoms with Crippen LogP contribution < -0.4 is 5.73 Å². The van der Waals surface area contributed by atoms with Crippen LogP contribution in [0.5, 0.6) is 0 Å². The molecule has 2 unspecified atom stereocenters. The third-order valence-corrected chi connectivity index (χ3v) is 3.53. The van der Waals surface area contributed by atoms with Crippen molar-refractivity contribution in [1.29, 1.82) is 0 Å². The Hall–Kier alpha value is -0.0800. The molecule has 2 rings (SSSR count). The van der Waals surface area contributed by atoms with E-state index in [0.29, 0.717) is 12.1 Å². The van der Waals surface area contributed by atoms with Crippen molar-refractivity contribution in [3.05, 3.63) is 0 Å². The van der Waals surface area contributed by atoms with Crippen molar-refractivity contribution in [2.75, 3.05) is 6.61 Å². The molecule has 0 aromatic carbocycles. The highest BCUT2D eigenvalue weighted by molar-refractivity contribution is 4.81. The molecule has 2 nitrogen and oxygen atoms in total. The molecule has 0 radical (unpaired) electrons. The van der Waals surface area contributed by atoms with Crippen molar-refractivity contribution >= 4 is 0 Å². The Kier molecular flexibility index (Phi) is 3.23. The highest BCUT2D eigenvalue weighted by atomic mass is 16.5. The SMILES string of the molecule is NC1CCOC(C2CCCCC2)C1. The molecule has 2 atom stereocenters. The lowest BCUT2D eigenvalue weighted by Gasteiger charge is -2.35. The molecular formula is C11H21NO. The molecule has 1 aliphatic carbocycles. The van der Waals surface area contributed by atoms with E-state index in [9.17, 15) is 0 Å². The number of nitrogens with two attached hydrogens (primary N) is 1. The van der Waals surface area contributed by atoms with Crippen LogP contribution in [0.25, 0.3) is 0 Å². The second kappa shape index (κ2) is 4.43. The van der Waals surface area contributed by atoms with Gasteiger partial charge in [0.15, 0.2) is 0 Å². The summed E-state index contributed by atoms with van der Waals surface area (Å²) < 4.78 is 5.81. The zero-order valence-corrected chi connectivity index (χ0v) is 8.37. The molecule has 0 amide bonds. The van der Waals surface area contributed by atoms with Gasteiger partial charge in [0, 0.05) is 12.6 Å². The Morgan fingerprint density at radius 3 is 2.46 bits per heavy atom. The minimum atomic E-state index is 0.403. The summed E-state index contributed by atoms with van der Waals surface area (Å²) in [6, 6.07) is 0.403. The van der Waals surface area contributed by atoms with Crippen LogP contribution in [0.4, 0.5) is 0 Å². The smallest absolute Gasteiger partial charge is 0.0618 e. The van der Waals surface area contributed by atoms with Gasteiger partial charge in [-0.15, -0.1) is 0 Å². The van der Waals surface area contributed by atoms with Crippen LogP contribution in [0.3, 0.4) is 0 Å². The molecule has 1 saturated carbocycles. The molecule has 0 spiro atoms. The molecule has 2 aliphatic rings. The summed E-state index contributed by atoms with van der Waals surface area (Å²) in [6.45, 7) is 0.891. The normalized spacial score (nSPS) is 37.6. The van der Waals surface area contributed by atoms with Crippen LogP contribution in [-0.4, -0.2) is 18.8 Å². The summed E-state index contributed by atoms with van der Waals surface area (Å²) in [4.78, 5) is 0. The number of rotatable bonds is 1. The lowest BCUT2D eigenvalue weighted by Crippen LogP contribution is -2.39. The molecule has 0 aromatic heterocycles. The van der Waals surface area contributed by atoms with Gasteiger partial charge in [-0.2, -0.15) is 0 Å². The van der Waals surface area contributed by atoms with Crippen molar-refractivity contribution in [3.8, 4) is 0 Å². The predicted octanol–water partition coefficient (Wildman–Crippen LogP) is 2.07. The quantitative estimate of drug-likeness (QED) is 0.675. The van der Waals surface area contributed by atoms with E-state index in [-0.39, 0.29) is 0 Å². The fraction of sp³-hybridized carbons (Fsp3) is 1.00. The summed E-state index contributed by atoms with van der Waals surface area (Å²) in [5.41, 5.74) is 5.95. The van der Waals surface area contributed by atoms with Crippen LogP contribution in [0, 0.1) is 5.92 Å². The first-order chi connectivity index (χ1) is 6.36. The van der Waals surface area contributed by atoms with E-state index < -0.39 is 0 Å². The molecule has 13 heavy (non-hydrogen) atoms. The predicted molar refractivity (Wildman–Crippen MR) is 53.5 cm³/mol. The van der Waals surface area contributed by atoms with Crippen molar-refractivity contribution in [2.45, 2.75) is 57.1 Å². The first-order valence-electron chi connectivity index (χ1n) is 5.73. The highest BCUT2D eigenvalue weighted by Crippen LogP contribution is 2.31. The van der Waals surface area contributed by atoms with E-state index in [4.69, 9.17) is 10.5 Å². The standard InChI is InChI=1S/C11H21NO/c12-10-6-7-13-11(8-10)9-4-2-1-3-5-9/h9-11H,1-8,12H2. The number of hydrogen-bond donors (Lipinski definition) is 1. The summed E-state index contributed by atoms with van der Waals surface area (Å²) in [5.74, 6) is 0.820. The zero-order chi connectivity index (χ0) is 9.10. The Balaban J connectivity index is 1.83. The molecule has 1 heterocycles. The van der Waals surface area contributed by atoms with E-state index >= 15 is 0 Å². The monoisotopic (exact) mass is 183 g/mol. The zero-order valence-electron chi connectivity index (χ0n) is 8.37. The molecule has 1 saturated heterocycles. The van der Waals surface area contributed by atoms with E-state index in [1.54, 1.807) is 0 Å². The van der Waals surface area contributed by atoms with Gasteiger partial charge in [-0.25, -0.2) is 0 Å². The maximum absolute atomic E-state index is 5.95. The fourth-order valence-electron chi connectivity index (χ4n) is 2.69. The van der Waals surface area contributed by atoms with Crippen molar-refractivity contribution in [1.82, 2.24) is 0 Å². The van der Waals surface area contributed by atoms with Crippen LogP contribution in [0.15, 0.2) is 0 Å². The van der Waals surface area contributed by atoms with Gasteiger partial charge in [-0.3, -0.25) is 0 Å². The van der Waals surface area contributed by atoms with E-state index in [1.165, 1.54) is 32.1 Å². The molecule has 1 aliphatic heterocycles. The van der Waals surface area contributed by atoms with Crippen molar-refractivity contribution < 1.29 is 4.74 Å². The van der Waals surface area contributed by atoms with Gasteiger partial charge in [0.05, 0.1) is 6.10 Å². The minimum absolute atomic E-state index is 0.403. The second-order valence-corrected chi connectivity index (χ2v) is 4.59. The summed E-state index contributed by atoms with van der Waals surface area (Å²) >= 11 is 0. The average Bonchev–Trinajstić information content (AvgIpc) is 2.19. The highest BCUT2D eigenvalue weighted by Gasteiger charge is 2.28. The Morgan fingerprint density at radius 2 is 1.77 bits per heavy atom. The molecule has 0 aromatic rings. The van der Waals surface area contributed by atoms with Crippen molar-refractivity contribution in [2.24, 2.45) is 11.7 Å². The summed E-state index contributed by atoms with van der Waals surface area (Å²) in [6.07, 6.45) is 9.63. The van der Waals surface area contributed by atoms with E-state index in [2.05, 4.69) is 0 Å². The molecule has 0 bridgehead atoms. The molecule has 2 heteroatoms. The number of hydrogen-bond acceptors (Lipinski definition) is 2. The molecular weight excluding hydrogens is 162 g/mol. The lowest BCUT2D eigenvalue weighted by molar-refractivity contribution is -0.0368. The molecule has 2 fully saturated rings. The van der Waals surface area contributed by atoms with E-state index in [0.717, 1.165) is 25.4 Å². The van der Waals surface area contributed by atoms with Gasteiger partial charge in [0.1, 0.15) is 0 Å². The number of ether oxygens (including phenoxy) is 1. The van der Waals surface area contributed by atoms with Gasteiger partial charge in [0.25, 0.3) is 0 Å². The molecule has 76 valence electrons. The average molecular weight is 183 g/mol. The van der Waals surface area contributed by atoms with Gasteiger partial charge >= 0.3 is 0 Å². The van der Waals surface area contributed by atoms with Crippen LogP contribution >= 0.6 is 0 Å². The first kappa shape index (κ1) is 9.47. The van der Waals surface area contributed by atoms with E-state index in [1.807, 2.05) is 0 Å². The largest absolute Gasteiger partial charge is 0.378 e. The Morgan fingerprint density at radius 1 is 1.00 bits per heavy atom. The van der Waals surface area contributed by atoms with Crippen LogP contribution in [0.1, 0.15) is 44.9 Å². The maximum atomic E-state index is 5.95. The van der Waals surface area contributed by atoms with Crippen molar-refractivity contribution in [3.63, 3.8) is 0 Å². The van der Waals surface area contributed by atoms with Gasteiger partial charge in [-0.1, -0.05) is 19.3 Å². The van der Waals surface area contributed by atoms with Gasteiger partial charge < -0.3 is 10.5 Å². The summed E-state index contributed by atoms with van der Waals surface area (Å²) in [5, 5.41) is 0. The van der Waals surface area contributed by atoms with Gasteiger partial charge in [0.2, 0.25) is 0 Å². The summed E-state index contributed by atoms with van der Waals surface area (Å²) in [7, 11) is 0. The van der Waals surface area contributed by atoms with Crippen LogP contribution in [-0.2, 0) is 4.74 Å². The lowest BCUT2D eigenvalue weighted by atomic mass is 9.82. The Bertz CT molecular complexity index is 154. The minimum Gasteiger partial charge on any atom is -0.378 e. The fourth-order valence-corrected chi connectivity index (χ4v) is 2.69. The molecule has 2 N–H and O–H groups in total.